The minimum Gasteiger partial charge on any atom is -0.379 e. The molecule has 1 unspecified atom stereocenters. The monoisotopic (exact) mass is 433 g/mol. The molecule has 2 saturated heterocycles. The third kappa shape index (κ3) is 4.43. The van der Waals surface area contributed by atoms with Crippen molar-refractivity contribution in [3.63, 3.8) is 0 Å². The second-order valence-corrected chi connectivity index (χ2v) is 9.71. The number of nitrogens with zero attached hydrogens (tertiary/aromatic N) is 3. The van der Waals surface area contributed by atoms with E-state index in [1.54, 1.807) is 24.3 Å². The lowest BCUT2D eigenvalue weighted by molar-refractivity contribution is -0.132. The van der Waals surface area contributed by atoms with Gasteiger partial charge in [0.25, 0.3) is 0 Å². The Bertz CT molecular complexity index is 980. The van der Waals surface area contributed by atoms with Gasteiger partial charge in [-0.1, -0.05) is 17.3 Å². The predicted octanol–water partition coefficient (Wildman–Crippen LogP) is 2.30. The van der Waals surface area contributed by atoms with Crippen LogP contribution in [0.4, 0.5) is 0 Å². The fraction of sp³-hybridized carbons (Fsp3) is 0.524. The molecule has 8 nitrogen and oxygen atoms in total. The number of ether oxygens (including phenoxy) is 1. The van der Waals surface area contributed by atoms with Gasteiger partial charge in [-0.05, 0) is 43.9 Å². The van der Waals surface area contributed by atoms with Gasteiger partial charge in [-0.3, -0.25) is 4.79 Å². The molecule has 1 aromatic heterocycles. The summed E-state index contributed by atoms with van der Waals surface area (Å²) in [6, 6.07) is 8.69. The minimum atomic E-state index is -3.50. The highest BCUT2D eigenvalue weighted by molar-refractivity contribution is 7.89. The van der Waals surface area contributed by atoms with E-state index in [2.05, 4.69) is 5.16 Å². The van der Waals surface area contributed by atoms with E-state index >= 15 is 0 Å². The molecular weight excluding hydrogens is 406 g/mol. The van der Waals surface area contributed by atoms with Crippen LogP contribution in [0.15, 0.2) is 39.8 Å². The summed E-state index contributed by atoms with van der Waals surface area (Å²) in [5.41, 5.74) is 1.76. The summed E-state index contributed by atoms with van der Waals surface area (Å²) >= 11 is 0. The number of sulfonamides is 1. The first kappa shape index (κ1) is 21.0. The molecule has 2 aromatic rings. The van der Waals surface area contributed by atoms with Gasteiger partial charge in [-0.2, -0.15) is 4.31 Å². The van der Waals surface area contributed by atoms with E-state index in [1.165, 1.54) is 4.31 Å². The van der Waals surface area contributed by atoms with Crippen LogP contribution in [-0.2, 0) is 26.0 Å². The molecule has 0 N–H and O–H groups in total. The van der Waals surface area contributed by atoms with Gasteiger partial charge in [0, 0.05) is 32.1 Å². The normalized spacial score (nSPS) is 20.6. The SMILES string of the molecule is Cc1cc(C2CCCN2C(=O)CCc2ccc(S(=O)(=O)N3CCOCC3)cc2)on1. The standard InChI is InChI=1S/C21H27N3O5S/c1-16-15-20(29-22-16)19-3-2-10-24(19)21(25)9-6-17-4-7-18(8-5-17)30(26,27)23-11-13-28-14-12-23/h4-5,7-8,15,19H,2-3,6,9-14H2,1H3. The van der Waals surface area contributed by atoms with E-state index in [1.807, 2.05) is 17.9 Å². The van der Waals surface area contributed by atoms with E-state index in [0.717, 1.165) is 36.4 Å². The van der Waals surface area contributed by atoms with Crippen LogP contribution >= 0.6 is 0 Å². The molecular formula is C21H27N3O5S. The van der Waals surface area contributed by atoms with E-state index in [4.69, 9.17) is 9.26 Å². The van der Waals surface area contributed by atoms with Crippen molar-refractivity contribution >= 4 is 15.9 Å². The number of benzene rings is 1. The Morgan fingerprint density at radius 1 is 1.17 bits per heavy atom. The summed E-state index contributed by atoms with van der Waals surface area (Å²) in [4.78, 5) is 14.9. The first-order valence-corrected chi connectivity index (χ1v) is 11.8. The highest BCUT2D eigenvalue weighted by Gasteiger charge is 2.32. The number of aromatic nitrogens is 1. The molecule has 30 heavy (non-hydrogen) atoms. The lowest BCUT2D eigenvalue weighted by Crippen LogP contribution is -2.40. The minimum absolute atomic E-state index is 0.0419. The number of hydrogen-bond donors (Lipinski definition) is 0. The summed E-state index contributed by atoms with van der Waals surface area (Å²) in [6.07, 6.45) is 2.77. The fourth-order valence-electron chi connectivity index (χ4n) is 4.06. The highest BCUT2D eigenvalue weighted by atomic mass is 32.2. The van der Waals surface area contributed by atoms with Crippen LogP contribution in [-0.4, -0.2) is 61.5 Å². The van der Waals surface area contributed by atoms with Crippen LogP contribution in [0.2, 0.25) is 0 Å². The van der Waals surface area contributed by atoms with Gasteiger partial charge < -0.3 is 14.2 Å². The second kappa shape index (κ2) is 8.87. The molecule has 3 heterocycles. The molecule has 1 amide bonds. The van der Waals surface area contributed by atoms with Crippen LogP contribution in [0.5, 0.6) is 0 Å². The van der Waals surface area contributed by atoms with Crippen molar-refractivity contribution in [1.29, 1.82) is 0 Å². The number of morpholine rings is 1. The number of aryl methyl sites for hydroxylation is 2. The summed E-state index contributed by atoms with van der Waals surface area (Å²) in [6.45, 7) is 4.19. The average molecular weight is 434 g/mol. The number of carbonyl (C=O) groups excluding carboxylic acids is 1. The zero-order valence-electron chi connectivity index (χ0n) is 17.1. The first-order chi connectivity index (χ1) is 14.4. The molecule has 1 atom stereocenters. The molecule has 2 aliphatic rings. The molecule has 9 heteroatoms. The zero-order chi connectivity index (χ0) is 21.1. The van der Waals surface area contributed by atoms with Gasteiger partial charge in [0.05, 0.1) is 29.8 Å². The largest absolute Gasteiger partial charge is 0.379 e. The van der Waals surface area contributed by atoms with Crippen LogP contribution in [0.25, 0.3) is 0 Å². The summed E-state index contributed by atoms with van der Waals surface area (Å²) in [5, 5.41) is 3.94. The van der Waals surface area contributed by atoms with Gasteiger partial charge in [0.1, 0.15) is 0 Å². The molecule has 0 radical (unpaired) electrons. The molecule has 0 aliphatic carbocycles. The second-order valence-electron chi connectivity index (χ2n) is 7.78. The Balaban J connectivity index is 1.36. The van der Waals surface area contributed by atoms with Crippen molar-refractivity contribution in [1.82, 2.24) is 14.4 Å². The maximum Gasteiger partial charge on any atom is 0.243 e. The molecule has 0 saturated carbocycles. The quantitative estimate of drug-likeness (QED) is 0.694. The molecule has 162 valence electrons. The van der Waals surface area contributed by atoms with Crippen molar-refractivity contribution in [2.75, 3.05) is 32.8 Å². The molecule has 4 rings (SSSR count). The lowest BCUT2D eigenvalue weighted by Gasteiger charge is -2.26. The number of amides is 1. The van der Waals surface area contributed by atoms with E-state index in [0.29, 0.717) is 39.1 Å². The van der Waals surface area contributed by atoms with Crippen molar-refractivity contribution in [2.45, 2.75) is 43.5 Å². The maximum atomic E-state index is 12.8. The maximum absolute atomic E-state index is 12.8. The third-order valence-corrected chi connectivity index (χ3v) is 7.62. The predicted molar refractivity (Wildman–Crippen MR) is 109 cm³/mol. The summed E-state index contributed by atoms with van der Waals surface area (Å²) in [5.74, 6) is 0.826. The Labute approximate surface area is 176 Å². The number of likely N-dealkylation sites (tertiary alicyclic amines) is 1. The van der Waals surface area contributed by atoms with Crippen LogP contribution in [0.1, 0.15) is 42.3 Å². The van der Waals surface area contributed by atoms with Gasteiger partial charge >= 0.3 is 0 Å². The number of hydrogen-bond acceptors (Lipinski definition) is 6. The van der Waals surface area contributed by atoms with Crippen LogP contribution < -0.4 is 0 Å². The smallest absolute Gasteiger partial charge is 0.243 e. The van der Waals surface area contributed by atoms with Crippen molar-refractivity contribution in [3.8, 4) is 0 Å². The molecule has 2 fully saturated rings. The average Bonchev–Trinajstić information content (AvgIpc) is 3.42. The topological polar surface area (TPSA) is 93.0 Å². The Hall–Kier alpha value is -2.23. The molecule has 0 bridgehead atoms. The third-order valence-electron chi connectivity index (χ3n) is 5.71. The molecule has 0 spiro atoms. The fourth-order valence-corrected chi connectivity index (χ4v) is 5.47. The lowest BCUT2D eigenvalue weighted by atomic mass is 10.1. The molecule has 2 aliphatic heterocycles. The van der Waals surface area contributed by atoms with Gasteiger partial charge in [-0.25, -0.2) is 8.42 Å². The highest BCUT2D eigenvalue weighted by Crippen LogP contribution is 2.33. The summed E-state index contributed by atoms with van der Waals surface area (Å²) < 4.78 is 37.5. The molecule has 1 aromatic carbocycles. The van der Waals surface area contributed by atoms with Crippen molar-refractivity contribution in [3.05, 3.63) is 47.3 Å². The van der Waals surface area contributed by atoms with Crippen molar-refractivity contribution < 1.29 is 22.5 Å². The Kier molecular flexibility index (Phi) is 6.21. The number of carbonyl (C=O) groups is 1. The first-order valence-electron chi connectivity index (χ1n) is 10.3. The van der Waals surface area contributed by atoms with Crippen molar-refractivity contribution in [2.24, 2.45) is 0 Å². The Morgan fingerprint density at radius 2 is 1.90 bits per heavy atom. The van der Waals surface area contributed by atoms with Gasteiger partial charge in [0.2, 0.25) is 15.9 Å². The van der Waals surface area contributed by atoms with Gasteiger partial charge in [0.15, 0.2) is 5.76 Å². The number of rotatable bonds is 6. The van der Waals surface area contributed by atoms with E-state index in [9.17, 15) is 13.2 Å². The van der Waals surface area contributed by atoms with Crippen LogP contribution in [0, 0.1) is 6.92 Å². The van der Waals surface area contributed by atoms with Crippen LogP contribution in [0.3, 0.4) is 0 Å². The summed E-state index contributed by atoms with van der Waals surface area (Å²) in [7, 11) is -3.50. The Morgan fingerprint density at radius 3 is 2.57 bits per heavy atom. The van der Waals surface area contributed by atoms with E-state index in [-0.39, 0.29) is 16.8 Å². The zero-order valence-corrected chi connectivity index (χ0v) is 17.9. The van der Waals surface area contributed by atoms with E-state index < -0.39 is 10.0 Å². The van der Waals surface area contributed by atoms with Gasteiger partial charge in [-0.15, -0.1) is 0 Å².